The predicted octanol–water partition coefficient (Wildman–Crippen LogP) is 4.43. The third-order valence-corrected chi connectivity index (χ3v) is 4.37. The molecular formula is C22H27IN4O. The largest absolute Gasteiger partial charge is 0.494 e. The summed E-state index contributed by atoms with van der Waals surface area (Å²) in [5.41, 5.74) is 3.29. The van der Waals surface area contributed by atoms with E-state index in [1.54, 1.807) is 7.05 Å². The highest BCUT2D eigenvalue weighted by Crippen LogP contribution is 2.20. The Kier molecular flexibility index (Phi) is 8.50. The number of hydrogen-bond acceptors (Lipinski definition) is 3. The number of ether oxygens (including phenoxy) is 1. The summed E-state index contributed by atoms with van der Waals surface area (Å²) in [6.07, 6.45) is 1.84. The van der Waals surface area contributed by atoms with Crippen LogP contribution in [0.1, 0.15) is 23.7 Å². The fraction of sp³-hybridized carbons (Fsp3) is 0.273. The maximum atomic E-state index is 5.75. The number of halogens is 1. The summed E-state index contributed by atoms with van der Waals surface area (Å²) in [6, 6.07) is 16.5. The molecule has 2 N–H and O–H groups in total. The second-order valence-electron chi connectivity index (χ2n) is 6.30. The van der Waals surface area contributed by atoms with Crippen LogP contribution in [0, 0.1) is 6.92 Å². The monoisotopic (exact) mass is 490 g/mol. The van der Waals surface area contributed by atoms with Crippen LogP contribution in [0.25, 0.3) is 10.8 Å². The number of nitrogens with zero attached hydrogens (tertiary/aromatic N) is 2. The van der Waals surface area contributed by atoms with Crippen molar-refractivity contribution in [3.8, 4) is 5.75 Å². The van der Waals surface area contributed by atoms with Gasteiger partial charge in [0.15, 0.2) is 5.96 Å². The summed E-state index contributed by atoms with van der Waals surface area (Å²) in [7, 11) is 1.77. The Balaban J connectivity index is 0.00000280. The van der Waals surface area contributed by atoms with Gasteiger partial charge in [0, 0.05) is 30.7 Å². The molecular weight excluding hydrogens is 463 g/mol. The van der Waals surface area contributed by atoms with Crippen LogP contribution in [0.5, 0.6) is 5.75 Å². The molecule has 2 aromatic carbocycles. The first-order valence-corrected chi connectivity index (χ1v) is 9.20. The van der Waals surface area contributed by atoms with E-state index in [2.05, 4.69) is 57.9 Å². The number of benzene rings is 2. The van der Waals surface area contributed by atoms with E-state index in [9.17, 15) is 0 Å². The van der Waals surface area contributed by atoms with Crippen LogP contribution in [-0.2, 0) is 13.1 Å². The van der Waals surface area contributed by atoms with Crippen molar-refractivity contribution >= 4 is 40.7 Å². The predicted molar refractivity (Wildman–Crippen MR) is 127 cm³/mol. The summed E-state index contributed by atoms with van der Waals surface area (Å²) in [5.74, 6) is 1.64. The molecule has 0 aliphatic rings. The molecule has 1 aromatic heterocycles. The lowest BCUT2D eigenvalue weighted by Gasteiger charge is -2.15. The summed E-state index contributed by atoms with van der Waals surface area (Å²) >= 11 is 0. The Morgan fingerprint density at radius 2 is 1.86 bits per heavy atom. The van der Waals surface area contributed by atoms with Gasteiger partial charge in [-0.25, -0.2) is 0 Å². The number of aliphatic imine (C=N–C) groups is 1. The van der Waals surface area contributed by atoms with E-state index in [-0.39, 0.29) is 24.0 Å². The van der Waals surface area contributed by atoms with E-state index >= 15 is 0 Å². The molecule has 0 atom stereocenters. The van der Waals surface area contributed by atoms with Gasteiger partial charge in [-0.2, -0.15) is 0 Å². The SMILES string of the molecule is CCOc1cc(C)ccc1CNC(=NC)NCc1nccc2ccccc12.I. The minimum atomic E-state index is 0. The van der Waals surface area contributed by atoms with Crippen LogP contribution in [0.3, 0.4) is 0 Å². The van der Waals surface area contributed by atoms with Gasteiger partial charge < -0.3 is 15.4 Å². The maximum absolute atomic E-state index is 5.75. The van der Waals surface area contributed by atoms with E-state index in [4.69, 9.17) is 4.74 Å². The Hall–Kier alpha value is -2.35. The van der Waals surface area contributed by atoms with E-state index in [0.717, 1.165) is 28.4 Å². The molecule has 5 nitrogen and oxygen atoms in total. The van der Waals surface area contributed by atoms with Gasteiger partial charge in [-0.05, 0) is 36.9 Å². The van der Waals surface area contributed by atoms with Crippen LogP contribution in [-0.4, -0.2) is 24.6 Å². The molecule has 6 heteroatoms. The molecule has 0 spiro atoms. The first-order valence-electron chi connectivity index (χ1n) is 9.20. The van der Waals surface area contributed by atoms with Gasteiger partial charge in [0.05, 0.1) is 18.8 Å². The summed E-state index contributed by atoms with van der Waals surface area (Å²) < 4.78 is 5.75. The molecule has 0 saturated heterocycles. The molecule has 28 heavy (non-hydrogen) atoms. The van der Waals surface area contributed by atoms with Gasteiger partial charge >= 0.3 is 0 Å². The first-order chi connectivity index (χ1) is 13.2. The van der Waals surface area contributed by atoms with E-state index in [1.165, 1.54) is 10.9 Å². The molecule has 0 aliphatic carbocycles. The zero-order valence-corrected chi connectivity index (χ0v) is 18.9. The molecule has 3 aromatic rings. The van der Waals surface area contributed by atoms with Crippen molar-refractivity contribution in [3.63, 3.8) is 0 Å². The van der Waals surface area contributed by atoms with Crippen molar-refractivity contribution in [1.29, 1.82) is 0 Å². The van der Waals surface area contributed by atoms with Gasteiger partial charge in [0.25, 0.3) is 0 Å². The van der Waals surface area contributed by atoms with E-state index in [1.807, 2.05) is 31.3 Å². The number of aromatic nitrogens is 1. The molecule has 1 heterocycles. The van der Waals surface area contributed by atoms with Crippen molar-refractivity contribution in [3.05, 3.63) is 71.5 Å². The number of guanidine groups is 1. The summed E-state index contributed by atoms with van der Waals surface area (Å²) in [5, 5.41) is 9.04. The Labute approximate surface area is 183 Å². The average molecular weight is 490 g/mol. The van der Waals surface area contributed by atoms with Gasteiger partial charge in [0.2, 0.25) is 0 Å². The maximum Gasteiger partial charge on any atom is 0.191 e. The third kappa shape index (κ3) is 5.58. The number of fused-ring (bicyclic) bond motifs is 1. The second kappa shape index (κ2) is 10.8. The van der Waals surface area contributed by atoms with Crippen molar-refractivity contribution in [1.82, 2.24) is 15.6 Å². The lowest BCUT2D eigenvalue weighted by Crippen LogP contribution is -2.36. The number of pyridine rings is 1. The highest BCUT2D eigenvalue weighted by molar-refractivity contribution is 14.0. The standard InChI is InChI=1S/C22H26N4O.HI/c1-4-27-21-13-16(2)9-10-18(21)14-25-22(23-3)26-15-20-19-8-6-5-7-17(19)11-12-24-20;/h5-13H,4,14-15H2,1-3H3,(H2,23,25,26);1H. The fourth-order valence-electron chi connectivity index (χ4n) is 2.99. The van der Waals surface area contributed by atoms with Crippen LogP contribution in [0.4, 0.5) is 0 Å². The zero-order valence-electron chi connectivity index (χ0n) is 16.5. The topological polar surface area (TPSA) is 58.5 Å². The lowest BCUT2D eigenvalue weighted by atomic mass is 10.1. The third-order valence-electron chi connectivity index (χ3n) is 4.37. The Bertz CT molecular complexity index is 937. The quantitative estimate of drug-likeness (QED) is 0.305. The molecule has 0 unspecified atom stereocenters. The normalized spacial score (nSPS) is 11.0. The Morgan fingerprint density at radius 3 is 2.64 bits per heavy atom. The minimum Gasteiger partial charge on any atom is -0.494 e. The van der Waals surface area contributed by atoms with Crippen molar-refractivity contribution in [2.45, 2.75) is 26.9 Å². The van der Waals surface area contributed by atoms with E-state index in [0.29, 0.717) is 19.7 Å². The van der Waals surface area contributed by atoms with Gasteiger partial charge in [0.1, 0.15) is 5.75 Å². The second-order valence-corrected chi connectivity index (χ2v) is 6.30. The van der Waals surface area contributed by atoms with Gasteiger partial charge in [-0.15, -0.1) is 24.0 Å². The van der Waals surface area contributed by atoms with Crippen molar-refractivity contribution in [2.75, 3.05) is 13.7 Å². The smallest absolute Gasteiger partial charge is 0.191 e. The average Bonchev–Trinajstić information content (AvgIpc) is 2.69. The van der Waals surface area contributed by atoms with Crippen LogP contribution in [0.2, 0.25) is 0 Å². The highest BCUT2D eigenvalue weighted by atomic mass is 127. The van der Waals surface area contributed by atoms with Crippen LogP contribution < -0.4 is 15.4 Å². The number of hydrogen-bond donors (Lipinski definition) is 2. The lowest BCUT2D eigenvalue weighted by molar-refractivity contribution is 0.336. The highest BCUT2D eigenvalue weighted by Gasteiger charge is 2.07. The molecule has 3 rings (SSSR count). The summed E-state index contributed by atoms with van der Waals surface area (Å²) in [4.78, 5) is 8.83. The van der Waals surface area contributed by atoms with Crippen LogP contribution >= 0.6 is 24.0 Å². The fourth-order valence-corrected chi connectivity index (χ4v) is 2.99. The molecule has 148 valence electrons. The molecule has 0 amide bonds. The number of rotatable bonds is 6. The summed E-state index contributed by atoms with van der Waals surface area (Å²) in [6.45, 7) is 5.95. The first kappa shape index (κ1) is 21.9. The van der Waals surface area contributed by atoms with Gasteiger partial charge in [-0.3, -0.25) is 9.98 Å². The molecule has 0 fully saturated rings. The molecule has 0 saturated carbocycles. The number of nitrogens with one attached hydrogen (secondary N) is 2. The molecule has 0 radical (unpaired) electrons. The minimum absolute atomic E-state index is 0. The molecule has 0 aliphatic heterocycles. The molecule has 0 bridgehead atoms. The van der Waals surface area contributed by atoms with Crippen molar-refractivity contribution in [2.24, 2.45) is 4.99 Å². The Morgan fingerprint density at radius 1 is 1.07 bits per heavy atom. The number of aryl methyl sites for hydroxylation is 1. The van der Waals surface area contributed by atoms with Gasteiger partial charge in [-0.1, -0.05) is 36.4 Å². The van der Waals surface area contributed by atoms with Crippen LogP contribution in [0.15, 0.2) is 59.7 Å². The zero-order chi connectivity index (χ0) is 19.1. The van der Waals surface area contributed by atoms with Crippen molar-refractivity contribution < 1.29 is 4.74 Å². The van der Waals surface area contributed by atoms with E-state index < -0.39 is 0 Å².